The minimum Gasteiger partial charge on any atom is -0.481 e. The van der Waals surface area contributed by atoms with Crippen molar-refractivity contribution in [2.75, 3.05) is 0 Å². The summed E-state index contributed by atoms with van der Waals surface area (Å²) < 4.78 is 0. The Labute approximate surface area is 85.3 Å². The fraction of sp³-hybridized carbons (Fsp3) is 0.500. The number of nitro groups is 1. The van der Waals surface area contributed by atoms with Crippen LogP contribution in [0.3, 0.4) is 0 Å². The van der Waals surface area contributed by atoms with Crippen LogP contribution in [0.15, 0.2) is 6.07 Å². The third kappa shape index (κ3) is 2.52. The first kappa shape index (κ1) is 11.2. The minimum absolute atomic E-state index is 0.146. The van der Waals surface area contributed by atoms with Gasteiger partial charge >= 0.3 is 11.8 Å². The highest BCUT2D eigenvalue weighted by atomic mass is 16.6. The molecule has 0 amide bonds. The Bertz CT molecular complexity index is 396. The highest BCUT2D eigenvalue weighted by Crippen LogP contribution is 2.22. The molecule has 82 valence electrons. The van der Waals surface area contributed by atoms with Crippen molar-refractivity contribution in [1.82, 2.24) is 10.2 Å². The molecule has 0 saturated heterocycles. The molecule has 0 saturated carbocycles. The van der Waals surface area contributed by atoms with Gasteiger partial charge in [-0.05, 0) is 18.8 Å². The fourth-order valence-corrected chi connectivity index (χ4v) is 1.06. The number of hydrogen-bond donors (Lipinski definition) is 2. The van der Waals surface area contributed by atoms with Crippen LogP contribution in [0.25, 0.3) is 0 Å². The van der Waals surface area contributed by atoms with Gasteiger partial charge in [0.15, 0.2) is 0 Å². The number of aromatic amines is 1. The van der Waals surface area contributed by atoms with Crippen LogP contribution in [0.1, 0.15) is 19.5 Å². The van der Waals surface area contributed by atoms with Gasteiger partial charge in [0.05, 0.1) is 17.2 Å². The molecule has 7 heteroatoms. The average molecular weight is 213 g/mol. The lowest BCUT2D eigenvalue weighted by Crippen LogP contribution is -2.26. The van der Waals surface area contributed by atoms with E-state index in [1.165, 1.54) is 19.9 Å². The van der Waals surface area contributed by atoms with Crippen LogP contribution in [-0.4, -0.2) is 26.2 Å². The van der Waals surface area contributed by atoms with Gasteiger partial charge in [0, 0.05) is 6.42 Å². The van der Waals surface area contributed by atoms with Gasteiger partial charge in [0.2, 0.25) is 0 Å². The normalized spacial score (nSPS) is 11.3. The number of hydrogen-bond acceptors (Lipinski definition) is 4. The summed E-state index contributed by atoms with van der Waals surface area (Å²) in [5.41, 5.74) is -0.614. The number of carbonyl (C=O) groups is 1. The Balaban J connectivity index is 2.82. The van der Waals surface area contributed by atoms with E-state index < -0.39 is 16.3 Å². The molecular formula is C8H11N3O4. The molecule has 1 rings (SSSR count). The van der Waals surface area contributed by atoms with E-state index in [-0.39, 0.29) is 12.2 Å². The van der Waals surface area contributed by atoms with Crippen molar-refractivity contribution in [2.45, 2.75) is 20.3 Å². The van der Waals surface area contributed by atoms with Crippen molar-refractivity contribution in [1.29, 1.82) is 0 Å². The molecule has 0 radical (unpaired) electrons. The van der Waals surface area contributed by atoms with E-state index in [9.17, 15) is 14.9 Å². The summed E-state index contributed by atoms with van der Waals surface area (Å²) in [6.45, 7) is 3.08. The van der Waals surface area contributed by atoms with Crippen LogP contribution in [0, 0.1) is 15.5 Å². The summed E-state index contributed by atoms with van der Waals surface area (Å²) in [6.07, 6.45) is 0.146. The lowest BCUT2D eigenvalue weighted by atomic mass is 9.88. The second-order valence-electron chi connectivity index (χ2n) is 3.87. The Morgan fingerprint density at radius 3 is 2.73 bits per heavy atom. The zero-order valence-electron chi connectivity index (χ0n) is 8.35. The quantitative estimate of drug-likeness (QED) is 0.572. The van der Waals surface area contributed by atoms with E-state index in [2.05, 4.69) is 10.2 Å². The molecule has 0 aromatic carbocycles. The first-order valence-corrected chi connectivity index (χ1v) is 4.25. The van der Waals surface area contributed by atoms with Crippen molar-refractivity contribution < 1.29 is 14.8 Å². The van der Waals surface area contributed by atoms with Crippen LogP contribution >= 0.6 is 0 Å². The Morgan fingerprint density at radius 2 is 2.33 bits per heavy atom. The number of rotatable bonds is 4. The predicted molar refractivity (Wildman–Crippen MR) is 50.4 cm³/mol. The van der Waals surface area contributed by atoms with E-state index in [0.717, 1.165) is 0 Å². The van der Waals surface area contributed by atoms with E-state index in [1.54, 1.807) is 0 Å². The van der Waals surface area contributed by atoms with E-state index in [1.807, 2.05) is 0 Å². The molecular weight excluding hydrogens is 202 g/mol. The molecule has 7 nitrogen and oxygen atoms in total. The third-order valence-corrected chi connectivity index (χ3v) is 2.02. The SMILES string of the molecule is CC(C)(Cc1cc([N+](=O)[O-])[nH]n1)C(=O)O. The van der Waals surface area contributed by atoms with Crippen LogP contribution in [0.2, 0.25) is 0 Å². The minimum atomic E-state index is -0.983. The summed E-state index contributed by atoms with van der Waals surface area (Å²) in [5.74, 6) is -1.20. The zero-order chi connectivity index (χ0) is 11.6. The maximum Gasteiger partial charge on any atom is 0.342 e. The molecule has 1 heterocycles. The molecule has 15 heavy (non-hydrogen) atoms. The number of aliphatic carboxylic acids is 1. The number of nitrogens with one attached hydrogen (secondary N) is 1. The first-order valence-electron chi connectivity index (χ1n) is 4.25. The highest BCUT2D eigenvalue weighted by molar-refractivity contribution is 5.73. The van der Waals surface area contributed by atoms with E-state index >= 15 is 0 Å². The molecule has 2 N–H and O–H groups in total. The summed E-state index contributed by atoms with van der Waals surface area (Å²) in [5, 5.41) is 25.1. The maximum atomic E-state index is 10.8. The Kier molecular flexibility index (Phi) is 2.74. The Hall–Kier alpha value is -1.92. The average Bonchev–Trinajstić information content (AvgIpc) is 2.51. The standard InChI is InChI=1S/C8H11N3O4/c1-8(2,7(12)13)4-5-3-6(10-9-5)11(14)15/h3H,4H2,1-2H3,(H,9,10)(H,12,13). The lowest BCUT2D eigenvalue weighted by Gasteiger charge is -2.16. The van der Waals surface area contributed by atoms with Gasteiger partial charge in [0.1, 0.15) is 0 Å². The molecule has 1 aromatic heterocycles. The van der Waals surface area contributed by atoms with Crippen molar-refractivity contribution in [3.05, 3.63) is 21.9 Å². The van der Waals surface area contributed by atoms with E-state index in [4.69, 9.17) is 5.11 Å². The lowest BCUT2D eigenvalue weighted by molar-refractivity contribution is -0.389. The van der Waals surface area contributed by atoms with Crippen LogP contribution in [-0.2, 0) is 11.2 Å². The molecule has 0 bridgehead atoms. The molecule has 1 aromatic rings. The topological polar surface area (TPSA) is 109 Å². The Morgan fingerprint density at radius 1 is 1.73 bits per heavy atom. The summed E-state index contributed by atoms with van der Waals surface area (Å²) >= 11 is 0. The molecule has 0 atom stereocenters. The molecule has 0 unspecified atom stereocenters. The molecule has 0 aliphatic carbocycles. The van der Waals surface area contributed by atoms with Crippen molar-refractivity contribution in [3.63, 3.8) is 0 Å². The van der Waals surface area contributed by atoms with Gasteiger partial charge in [0.25, 0.3) is 0 Å². The zero-order valence-corrected chi connectivity index (χ0v) is 8.35. The number of carboxylic acid groups (broad SMARTS) is 1. The second kappa shape index (κ2) is 3.68. The van der Waals surface area contributed by atoms with Gasteiger partial charge in [-0.1, -0.05) is 5.10 Å². The van der Waals surface area contributed by atoms with Crippen LogP contribution in [0.5, 0.6) is 0 Å². The first-order chi connectivity index (χ1) is 6.83. The molecule has 0 aliphatic heterocycles. The van der Waals surface area contributed by atoms with E-state index in [0.29, 0.717) is 5.69 Å². The highest BCUT2D eigenvalue weighted by Gasteiger charge is 2.29. The van der Waals surface area contributed by atoms with Gasteiger partial charge in [-0.15, -0.1) is 5.10 Å². The third-order valence-electron chi connectivity index (χ3n) is 2.02. The second-order valence-corrected chi connectivity index (χ2v) is 3.87. The fourth-order valence-electron chi connectivity index (χ4n) is 1.06. The van der Waals surface area contributed by atoms with Crippen molar-refractivity contribution >= 4 is 11.8 Å². The summed E-state index contributed by atoms with van der Waals surface area (Å²) in [7, 11) is 0. The molecule has 0 aliphatic rings. The van der Waals surface area contributed by atoms with Crippen LogP contribution in [0.4, 0.5) is 5.82 Å². The van der Waals surface area contributed by atoms with Gasteiger partial charge < -0.3 is 15.2 Å². The van der Waals surface area contributed by atoms with Gasteiger partial charge in [-0.3, -0.25) is 4.79 Å². The van der Waals surface area contributed by atoms with Crippen LogP contribution < -0.4 is 0 Å². The van der Waals surface area contributed by atoms with Crippen molar-refractivity contribution in [2.24, 2.45) is 5.41 Å². The molecule has 0 fully saturated rings. The van der Waals surface area contributed by atoms with Crippen molar-refractivity contribution in [3.8, 4) is 0 Å². The molecule has 0 spiro atoms. The number of aromatic nitrogens is 2. The smallest absolute Gasteiger partial charge is 0.342 e. The number of carboxylic acids is 1. The number of H-pyrrole nitrogens is 1. The summed E-state index contributed by atoms with van der Waals surface area (Å²) in [4.78, 5) is 20.5. The number of nitrogens with zero attached hydrogens (tertiary/aromatic N) is 2. The predicted octanol–water partition coefficient (Wildman–Crippen LogP) is 0.971. The summed E-state index contributed by atoms with van der Waals surface area (Å²) in [6, 6.07) is 1.24. The monoisotopic (exact) mass is 213 g/mol. The van der Waals surface area contributed by atoms with Gasteiger partial charge in [-0.2, -0.15) is 0 Å². The maximum absolute atomic E-state index is 10.8. The van der Waals surface area contributed by atoms with Gasteiger partial charge in [-0.25, -0.2) is 0 Å². The largest absolute Gasteiger partial charge is 0.481 e.